The SMILES string of the molecule is O=C(N1CCC(c2ccc3ccccc3c2)C1)C1(c2ccc(Cl)cc2)CC1. The van der Waals surface area contributed by atoms with Gasteiger partial charge in [-0.15, -0.1) is 0 Å². The molecule has 3 aromatic rings. The fraction of sp³-hybridized carbons (Fsp3) is 0.292. The molecule has 27 heavy (non-hydrogen) atoms. The van der Waals surface area contributed by atoms with Crippen LogP contribution in [-0.2, 0) is 10.2 Å². The molecule has 3 aromatic carbocycles. The van der Waals surface area contributed by atoms with Crippen molar-refractivity contribution in [2.24, 2.45) is 0 Å². The maximum Gasteiger partial charge on any atom is 0.233 e. The van der Waals surface area contributed by atoms with Gasteiger partial charge in [0.25, 0.3) is 0 Å². The zero-order valence-electron chi connectivity index (χ0n) is 15.2. The minimum atomic E-state index is -0.303. The highest BCUT2D eigenvalue weighted by Crippen LogP contribution is 2.50. The van der Waals surface area contributed by atoms with Crippen molar-refractivity contribution < 1.29 is 4.79 Å². The Bertz CT molecular complexity index is 1010. The van der Waals surface area contributed by atoms with Crippen molar-refractivity contribution in [2.75, 3.05) is 13.1 Å². The van der Waals surface area contributed by atoms with Crippen LogP contribution in [-0.4, -0.2) is 23.9 Å². The van der Waals surface area contributed by atoms with Gasteiger partial charge in [0.1, 0.15) is 0 Å². The fourth-order valence-corrected chi connectivity index (χ4v) is 4.63. The number of amides is 1. The van der Waals surface area contributed by atoms with Gasteiger partial charge in [0, 0.05) is 24.0 Å². The highest BCUT2D eigenvalue weighted by molar-refractivity contribution is 6.30. The summed E-state index contributed by atoms with van der Waals surface area (Å²) in [5, 5.41) is 3.27. The van der Waals surface area contributed by atoms with E-state index in [0.717, 1.165) is 42.9 Å². The smallest absolute Gasteiger partial charge is 0.233 e. The third-order valence-electron chi connectivity index (χ3n) is 6.28. The molecule has 1 saturated heterocycles. The van der Waals surface area contributed by atoms with E-state index in [-0.39, 0.29) is 5.41 Å². The lowest BCUT2D eigenvalue weighted by Gasteiger charge is -2.24. The molecular formula is C24H22ClNO. The fourth-order valence-electron chi connectivity index (χ4n) is 4.50. The average Bonchev–Trinajstić information content (AvgIpc) is 3.37. The predicted octanol–water partition coefficient (Wildman–Crippen LogP) is 5.54. The van der Waals surface area contributed by atoms with Crippen molar-refractivity contribution in [2.45, 2.75) is 30.6 Å². The highest BCUT2D eigenvalue weighted by Gasteiger charge is 2.53. The quantitative estimate of drug-likeness (QED) is 0.588. The second-order valence-corrected chi connectivity index (χ2v) is 8.37. The van der Waals surface area contributed by atoms with Gasteiger partial charge in [-0.1, -0.05) is 66.2 Å². The van der Waals surface area contributed by atoms with Gasteiger partial charge in [-0.25, -0.2) is 0 Å². The normalized spacial score (nSPS) is 20.8. The van der Waals surface area contributed by atoms with E-state index >= 15 is 0 Å². The molecule has 2 nitrogen and oxygen atoms in total. The first-order chi connectivity index (χ1) is 13.2. The standard InChI is InChI=1S/C24H22ClNO/c25-22-9-7-21(8-10-22)24(12-13-24)23(27)26-14-11-20(16-26)19-6-5-17-3-1-2-4-18(17)15-19/h1-10,15,20H,11-14,16H2. The van der Waals surface area contributed by atoms with Crippen LogP contribution >= 0.6 is 11.6 Å². The van der Waals surface area contributed by atoms with Crippen molar-refractivity contribution in [3.8, 4) is 0 Å². The summed E-state index contributed by atoms with van der Waals surface area (Å²) in [6, 6.07) is 23.0. The van der Waals surface area contributed by atoms with E-state index < -0.39 is 0 Å². The van der Waals surface area contributed by atoms with Gasteiger partial charge in [-0.2, -0.15) is 0 Å². The molecule has 3 heteroatoms. The minimum absolute atomic E-state index is 0.299. The number of hydrogen-bond acceptors (Lipinski definition) is 1. The maximum atomic E-state index is 13.3. The molecular weight excluding hydrogens is 354 g/mol. The van der Waals surface area contributed by atoms with Gasteiger partial charge >= 0.3 is 0 Å². The van der Waals surface area contributed by atoms with Crippen LogP contribution in [0.4, 0.5) is 0 Å². The molecule has 2 fully saturated rings. The van der Waals surface area contributed by atoms with E-state index in [4.69, 9.17) is 11.6 Å². The van der Waals surface area contributed by atoms with Gasteiger partial charge < -0.3 is 4.90 Å². The lowest BCUT2D eigenvalue weighted by Crippen LogP contribution is -2.37. The van der Waals surface area contributed by atoms with Crippen LogP contribution in [0.15, 0.2) is 66.7 Å². The Kier molecular flexibility index (Phi) is 3.98. The van der Waals surface area contributed by atoms with Crippen molar-refractivity contribution >= 4 is 28.3 Å². The van der Waals surface area contributed by atoms with E-state index in [1.54, 1.807) is 0 Å². The molecule has 0 spiro atoms. The lowest BCUT2D eigenvalue weighted by molar-refractivity contribution is -0.132. The largest absolute Gasteiger partial charge is 0.341 e. The molecule has 0 aromatic heterocycles. The minimum Gasteiger partial charge on any atom is -0.341 e. The zero-order chi connectivity index (χ0) is 18.4. The number of benzene rings is 3. The third-order valence-corrected chi connectivity index (χ3v) is 6.53. The van der Waals surface area contributed by atoms with E-state index in [1.165, 1.54) is 16.3 Å². The third kappa shape index (κ3) is 2.93. The van der Waals surface area contributed by atoms with E-state index in [1.807, 2.05) is 24.3 Å². The Balaban J connectivity index is 1.35. The molecule has 0 N–H and O–H groups in total. The molecule has 1 saturated carbocycles. The number of carbonyl (C=O) groups is 1. The monoisotopic (exact) mass is 375 g/mol. The molecule has 1 amide bonds. The first-order valence-corrected chi connectivity index (χ1v) is 10.1. The van der Waals surface area contributed by atoms with Crippen LogP contribution < -0.4 is 0 Å². The van der Waals surface area contributed by atoms with Crippen molar-refractivity contribution in [3.63, 3.8) is 0 Å². The first-order valence-electron chi connectivity index (χ1n) is 9.70. The van der Waals surface area contributed by atoms with Crippen LogP contribution in [0.1, 0.15) is 36.3 Å². The van der Waals surface area contributed by atoms with Crippen LogP contribution in [0.25, 0.3) is 10.8 Å². The number of carbonyl (C=O) groups excluding carboxylic acids is 1. The Labute approximate surface area is 164 Å². The second-order valence-electron chi connectivity index (χ2n) is 7.93. The topological polar surface area (TPSA) is 20.3 Å². The molecule has 1 heterocycles. The molecule has 1 aliphatic carbocycles. The van der Waals surface area contributed by atoms with Crippen LogP contribution in [0.2, 0.25) is 5.02 Å². The summed E-state index contributed by atoms with van der Waals surface area (Å²) in [6.07, 6.45) is 2.94. The first kappa shape index (κ1) is 16.8. The number of fused-ring (bicyclic) bond motifs is 1. The number of nitrogens with zero attached hydrogens (tertiary/aromatic N) is 1. The number of hydrogen-bond donors (Lipinski definition) is 0. The van der Waals surface area contributed by atoms with Crippen LogP contribution in [0, 0.1) is 0 Å². The molecule has 2 aliphatic rings. The molecule has 136 valence electrons. The van der Waals surface area contributed by atoms with E-state index in [2.05, 4.69) is 47.4 Å². The van der Waals surface area contributed by atoms with Gasteiger partial charge in [0.2, 0.25) is 5.91 Å². The summed E-state index contributed by atoms with van der Waals surface area (Å²) >= 11 is 6.02. The van der Waals surface area contributed by atoms with Gasteiger partial charge in [-0.05, 0) is 53.3 Å². The molecule has 1 unspecified atom stereocenters. The van der Waals surface area contributed by atoms with Crippen LogP contribution in [0.5, 0.6) is 0 Å². The van der Waals surface area contributed by atoms with Gasteiger partial charge in [0.15, 0.2) is 0 Å². The predicted molar refractivity (Wildman–Crippen MR) is 110 cm³/mol. The van der Waals surface area contributed by atoms with E-state index in [0.29, 0.717) is 11.8 Å². The molecule has 1 aliphatic heterocycles. The molecule has 0 radical (unpaired) electrons. The Morgan fingerprint density at radius 2 is 1.70 bits per heavy atom. The zero-order valence-corrected chi connectivity index (χ0v) is 16.0. The Hall–Kier alpha value is -2.32. The highest BCUT2D eigenvalue weighted by atomic mass is 35.5. The summed E-state index contributed by atoms with van der Waals surface area (Å²) < 4.78 is 0. The summed E-state index contributed by atoms with van der Waals surface area (Å²) in [5.41, 5.74) is 2.16. The maximum absolute atomic E-state index is 13.3. The van der Waals surface area contributed by atoms with Crippen LogP contribution in [0.3, 0.4) is 0 Å². The number of rotatable bonds is 3. The van der Waals surface area contributed by atoms with Crippen molar-refractivity contribution in [1.82, 2.24) is 4.90 Å². The van der Waals surface area contributed by atoms with Gasteiger partial charge in [-0.3, -0.25) is 4.79 Å². The summed E-state index contributed by atoms with van der Waals surface area (Å²) in [4.78, 5) is 15.4. The Morgan fingerprint density at radius 1 is 0.963 bits per heavy atom. The number of likely N-dealkylation sites (tertiary alicyclic amines) is 1. The molecule has 0 bridgehead atoms. The number of halogens is 1. The van der Waals surface area contributed by atoms with E-state index in [9.17, 15) is 4.79 Å². The average molecular weight is 376 g/mol. The lowest BCUT2D eigenvalue weighted by atomic mass is 9.94. The summed E-state index contributed by atoms with van der Waals surface area (Å²) in [5.74, 6) is 0.729. The van der Waals surface area contributed by atoms with Crippen molar-refractivity contribution in [3.05, 3.63) is 82.9 Å². The molecule has 1 atom stereocenters. The van der Waals surface area contributed by atoms with Crippen molar-refractivity contribution in [1.29, 1.82) is 0 Å². The summed E-state index contributed by atoms with van der Waals surface area (Å²) in [7, 11) is 0. The van der Waals surface area contributed by atoms with Gasteiger partial charge in [0.05, 0.1) is 5.41 Å². The summed E-state index contributed by atoms with van der Waals surface area (Å²) in [6.45, 7) is 1.68. The molecule has 5 rings (SSSR count). The Morgan fingerprint density at radius 3 is 2.44 bits per heavy atom. The second kappa shape index (κ2) is 6.38.